The van der Waals surface area contributed by atoms with Crippen LogP contribution in [0.25, 0.3) is 10.2 Å². The van der Waals surface area contributed by atoms with Crippen molar-refractivity contribution in [3.63, 3.8) is 0 Å². The number of sulfonamides is 1. The van der Waals surface area contributed by atoms with Crippen LogP contribution in [0.3, 0.4) is 0 Å². The number of hydrogen-bond acceptors (Lipinski definition) is 6. The van der Waals surface area contributed by atoms with E-state index in [1.54, 1.807) is 4.57 Å². The summed E-state index contributed by atoms with van der Waals surface area (Å²) in [4.78, 5) is 17.9. The Morgan fingerprint density at radius 2 is 1.84 bits per heavy atom. The lowest BCUT2D eigenvalue weighted by Gasteiger charge is -2.30. The normalized spacial score (nSPS) is 15.0. The summed E-state index contributed by atoms with van der Waals surface area (Å²) in [6.45, 7) is 0.795. The molecule has 0 saturated heterocycles. The highest BCUT2D eigenvalue weighted by Gasteiger charge is 2.29. The van der Waals surface area contributed by atoms with Gasteiger partial charge in [0, 0.05) is 24.2 Å². The molecule has 0 saturated carbocycles. The molecule has 3 heterocycles. The Morgan fingerprint density at radius 3 is 2.62 bits per heavy atom. The van der Waals surface area contributed by atoms with E-state index in [0.29, 0.717) is 28.5 Å². The van der Waals surface area contributed by atoms with Crippen molar-refractivity contribution in [1.82, 2.24) is 4.57 Å². The highest BCUT2D eigenvalue weighted by Crippen LogP contribution is 2.37. The summed E-state index contributed by atoms with van der Waals surface area (Å²) >= 11 is 1.31. The van der Waals surface area contributed by atoms with Gasteiger partial charge in [-0.05, 0) is 48.7 Å². The Kier molecular flexibility index (Phi) is 5.74. The lowest BCUT2D eigenvalue weighted by atomic mass is 10.0. The van der Waals surface area contributed by atoms with Crippen LogP contribution in [0, 0.1) is 12.3 Å². The van der Waals surface area contributed by atoms with Crippen molar-refractivity contribution >= 4 is 43.2 Å². The number of benzene rings is 3. The Labute approximate surface area is 217 Å². The van der Waals surface area contributed by atoms with Gasteiger partial charge in [0.15, 0.2) is 16.3 Å². The van der Waals surface area contributed by atoms with E-state index < -0.39 is 15.9 Å². The molecule has 0 spiro atoms. The number of nitrogens with zero attached hydrogens (tertiary/aromatic N) is 3. The zero-order valence-corrected chi connectivity index (χ0v) is 21.2. The van der Waals surface area contributed by atoms with Crippen LogP contribution in [0.4, 0.5) is 5.69 Å². The van der Waals surface area contributed by atoms with Crippen molar-refractivity contribution in [1.29, 1.82) is 0 Å². The number of terminal acetylenes is 1. The van der Waals surface area contributed by atoms with Gasteiger partial charge in [0.2, 0.25) is 6.79 Å². The monoisotopic (exact) mass is 531 g/mol. The molecular formula is C27H21N3O5S2. The van der Waals surface area contributed by atoms with E-state index in [1.807, 2.05) is 36.4 Å². The van der Waals surface area contributed by atoms with E-state index in [-0.39, 0.29) is 23.8 Å². The van der Waals surface area contributed by atoms with Crippen molar-refractivity contribution in [2.24, 2.45) is 4.99 Å². The van der Waals surface area contributed by atoms with Crippen LogP contribution in [0.1, 0.15) is 22.3 Å². The molecule has 0 atom stereocenters. The van der Waals surface area contributed by atoms with Gasteiger partial charge < -0.3 is 14.0 Å². The van der Waals surface area contributed by atoms with Crippen LogP contribution in [0.15, 0.2) is 70.6 Å². The zero-order chi connectivity index (χ0) is 25.6. The van der Waals surface area contributed by atoms with Crippen molar-refractivity contribution in [2.45, 2.75) is 24.3 Å². The Balaban J connectivity index is 1.32. The number of carbonyl (C=O) groups excluding carboxylic acids is 1. The van der Waals surface area contributed by atoms with Gasteiger partial charge >= 0.3 is 0 Å². The van der Waals surface area contributed by atoms with Gasteiger partial charge in [-0.25, -0.2) is 8.42 Å². The number of thiazole rings is 1. The maximum absolute atomic E-state index is 13.4. The predicted molar refractivity (Wildman–Crippen MR) is 140 cm³/mol. The quantitative estimate of drug-likeness (QED) is 0.372. The fourth-order valence-corrected chi connectivity index (χ4v) is 7.16. The molecule has 0 aliphatic carbocycles. The number of anilines is 1. The third-order valence-electron chi connectivity index (χ3n) is 6.38. The third kappa shape index (κ3) is 4.06. The number of rotatable bonds is 4. The number of carbonyl (C=O) groups is 1. The third-order valence-corrected chi connectivity index (χ3v) is 9.25. The SMILES string of the molecule is C#CCn1c(=NC(=O)c2ccc(S(=O)(=O)N3CCCc4ccccc43)cc2)sc2cc3c(cc21)OCO3. The van der Waals surface area contributed by atoms with Crippen LogP contribution in [-0.4, -0.2) is 32.2 Å². The van der Waals surface area contributed by atoms with Crippen molar-refractivity contribution < 1.29 is 22.7 Å². The molecule has 0 fully saturated rings. The second-order valence-electron chi connectivity index (χ2n) is 8.60. The summed E-state index contributed by atoms with van der Waals surface area (Å²) in [6, 6.07) is 17.1. The van der Waals surface area contributed by atoms with Gasteiger partial charge in [-0.15, -0.1) is 6.42 Å². The first-order chi connectivity index (χ1) is 18.0. The smallest absolute Gasteiger partial charge is 0.279 e. The van der Waals surface area contributed by atoms with Gasteiger partial charge in [0.25, 0.3) is 15.9 Å². The Hall–Kier alpha value is -4.07. The summed E-state index contributed by atoms with van der Waals surface area (Å²) in [7, 11) is -3.77. The molecule has 3 aromatic carbocycles. The lowest BCUT2D eigenvalue weighted by molar-refractivity contribution is 0.0997. The average molecular weight is 532 g/mol. The van der Waals surface area contributed by atoms with Gasteiger partial charge in [-0.3, -0.25) is 9.10 Å². The number of para-hydroxylation sites is 1. The van der Waals surface area contributed by atoms with Gasteiger partial charge in [0.05, 0.1) is 27.3 Å². The molecule has 6 rings (SSSR count). The van der Waals surface area contributed by atoms with E-state index in [9.17, 15) is 13.2 Å². The number of hydrogen-bond donors (Lipinski definition) is 0. The molecule has 10 heteroatoms. The van der Waals surface area contributed by atoms with Crippen molar-refractivity contribution in [3.8, 4) is 23.8 Å². The van der Waals surface area contributed by atoms with E-state index in [2.05, 4.69) is 10.9 Å². The molecule has 0 unspecified atom stereocenters. The minimum atomic E-state index is -3.77. The van der Waals surface area contributed by atoms with Crippen LogP contribution in [-0.2, 0) is 23.0 Å². The zero-order valence-electron chi connectivity index (χ0n) is 19.6. The summed E-state index contributed by atoms with van der Waals surface area (Å²) in [6.07, 6.45) is 7.17. The molecule has 4 aromatic rings. The van der Waals surface area contributed by atoms with E-state index in [1.165, 1.54) is 39.9 Å². The second-order valence-corrected chi connectivity index (χ2v) is 11.5. The Morgan fingerprint density at radius 1 is 1.08 bits per heavy atom. The van der Waals surface area contributed by atoms with Crippen molar-refractivity contribution in [3.05, 3.63) is 76.6 Å². The molecule has 0 N–H and O–H groups in total. The number of fused-ring (bicyclic) bond motifs is 3. The first-order valence-corrected chi connectivity index (χ1v) is 13.9. The largest absolute Gasteiger partial charge is 0.454 e. The molecule has 2 aliphatic heterocycles. The number of amides is 1. The van der Waals surface area contributed by atoms with Gasteiger partial charge in [0.1, 0.15) is 0 Å². The molecular weight excluding hydrogens is 510 g/mol. The summed E-state index contributed by atoms with van der Waals surface area (Å²) < 4.78 is 41.8. The van der Waals surface area contributed by atoms with Crippen LogP contribution >= 0.6 is 11.3 Å². The molecule has 0 bridgehead atoms. The van der Waals surface area contributed by atoms with Crippen LogP contribution in [0.5, 0.6) is 11.5 Å². The van der Waals surface area contributed by atoms with E-state index in [4.69, 9.17) is 15.9 Å². The second kappa shape index (κ2) is 9.10. The fourth-order valence-electron chi connectivity index (χ4n) is 4.59. The van der Waals surface area contributed by atoms with Gasteiger partial charge in [-0.1, -0.05) is 35.5 Å². The standard InChI is InChI=1S/C27H21N3O5S2/c1-2-13-29-22-15-23-24(35-17-34-23)16-25(22)36-27(29)28-26(31)19-9-11-20(12-10-19)37(32,33)30-14-5-7-18-6-3-4-8-21(18)30/h1,3-4,6,8-12,15-16H,5,7,13-14,17H2. The van der Waals surface area contributed by atoms with Crippen molar-refractivity contribution in [2.75, 3.05) is 17.6 Å². The summed E-state index contributed by atoms with van der Waals surface area (Å²) in [5.41, 5.74) is 2.78. The molecule has 0 radical (unpaired) electrons. The molecule has 1 aromatic heterocycles. The number of ether oxygens (including phenoxy) is 2. The maximum atomic E-state index is 13.4. The molecule has 1 amide bonds. The first-order valence-electron chi connectivity index (χ1n) is 11.6. The summed E-state index contributed by atoms with van der Waals surface area (Å²) in [5.74, 6) is 3.35. The predicted octanol–water partition coefficient (Wildman–Crippen LogP) is 3.95. The molecule has 186 valence electrons. The van der Waals surface area contributed by atoms with Crippen LogP contribution in [0.2, 0.25) is 0 Å². The van der Waals surface area contributed by atoms with Crippen LogP contribution < -0.4 is 18.6 Å². The van der Waals surface area contributed by atoms with E-state index in [0.717, 1.165) is 28.6 Å². The topological polar surface area (TPSA) is 90.2 Å². The fraction of sp³-hybridized carbons (Fsp3) is 0.185. The van der Waals surface area contributed by atoms with Gasteiger partial charge in [-0.2, -0.15) is 4.99 Å². The molecule has 2 aliphatic rings. The lowest BCUT2D eigenvalue weighted by Crippen LogP contribution is -2.35. The average Bonchev–Trinajstić information content (AvgIpc) is 3.51. The minimum absolute atomic E-state index is 0.125. The molecule has 8 nitrogen and oxygen atoms in total. The number of aromatic nitrogens is 1. The first kappa shape index (κ1) is 23.3. The maximum Gasteiger partial charge on any atom is 0.279 e. The van der Waals surface area contributed by atoms with E-state index >= 15 is 0 Å². The Bertz CT molecular complexity index is 1760. The highest BCUT2D eigenvalue weighted by atomic mass is 32.2. The molecule has 37 heavy (non-hydrogen) atoms. The highest BCUT2D eigenvalue weighted by molar-refractivity contribution is 7.92. The number of aryl methyl sites for hydroxylation is 1. The summed E-state index contributed by atoms with van der Waals surface area (Å²) in [5, 5.41) is 0. The minimum Gasteiger partial charge on any atom is -0.454 e.